The fourth-order valence-electron chi connectivity index (χ4n) is 0.869. The van der Waals surface area contributed by atoms with E-state index in [-0.39, 0.29) is 0 Å². The Balaban J connectivity index is 2.96. The molecule has 0 amide bonds. The standard InChI is InChI=1S/C9H9BrO2/c1-2-12-8-3-4-9(10)7(5-8)6-11/h3-6H,2H2,1H3. The van der Waals surface area contributed by atoms with E-state index in [1.807, 2.05) is 13.0 Å². The van der Waals surface area contributed by atoms with Crippen LogP contribution in [0.3, 0.4) is 0 Å². The molecule has 0 unspecified atom stereocenters. The minimum atomic E-state index is 0.611. The number of aldehydes is 1. The molecule has 0 aliphatic rings. The molecule has 0 N–H and O–H groups in total. The van der Waals surface area contributed by atoms with Gasteiger partial charge in [0.15, 0.2) is 6.29 Å². The average Bonchev–Trinajstić information content (AvgIpc) is 2.09. The van der Waals surface area contributed by atoms with Crippen molar-refractivity contribution in [2.24, 2.45) is 0 Å². The topological polar surface area (TPSA) is 26.3 Å². The number of hydrogen-bond acceptors (Lipinski definition) is 2. The number of carbonyl (C=O) groups excluding carboxylic acids is 1. The summed E-state index contributed by atoms with van der Waals surface area (Å²) in [6.07, 6.45) is 0.798. The predicted molar refractivity (Wildman–Crippen MR) is 50.7 cm³/mol. The highest BCUT2D eigenvalue weighted by Crippen LogP contribution is 2.20. The van der Waals surface area contributed by atoms with Gasteiger partial charge in [-0.3, -0.25) is 4.79 Å². The molecule has 0 spiro atoms. The van der Waals surface area contributed by atoms with Crippen LogP contribution in [0.25, 0.3) is 0 Å². The van der Waals surface area contributed by atoms with Crippen LogP contribution in [-0.2, 0) is 0 Å². The number of hydrogen-bond donors (Lipinski definition) is 0. The van der Waals surface area contributed by atoms with Crippen LogP contribution in [0.15, 0.2) is 22.7 Å². The van der Waals surface area contributed by atoms with Crippen molar-refractivity contribution >= 4 is 22.2 Å². The van der Waals surface area contributed by atoms with Crippen LogP contribution in [0, 0.1) is 0 Å². The summed E-state index contributed by atoms with van der Waals surface area (Å²) in [7, 11) is 0. The smallest absolute Gasteiger partial charge is 0.151 e. The number of carbonyl (C=O) groups is 1. The van der Waals surface area contributed by atoms with Gasteiger partial charge in [-0.05, 0) is 25.1 Å². The van der Waals surface area contributed by atoms with Gasteiger partial charge in [0.2, 0.25) is 0 Å². The monoisotopic (exact) mass is 228 g/mol. The van der Waals surface area contributed by atoms with Gasteiger partial charge < -0.3 is 4.74 Å². The van der Waals surface area contributed by atoms with Crippen molar-refractivity contribution < 1.29 is 9.53 Å². The van der Waals surface area contributed by atoms with Gasteiger partial charge >= 0.3 is 0 Å². The molecule has 0 heterocycles. The first kappa shape index (κ1) is 9.26. The maximum atomic E-state index is 10.5. The summed E-state index contributed by atoms with van der Waals surface area (Å²) in [5.74, 6) is 0.725. The van der Waals surface area contributed by atoms with Gasteiger partial charge in [0.25, 0.3) is 0 Å². The van der Waals surface area contributed by atoms with Crippen molar-refractivity contribution in [1.29, 1.82) is 0 Å². The van der Waals surface area contributed by atoms with Crippen molar-refractivity contribution in [2.45, 2.75) is 6.92 Å². The predicted octanol–water partition coefficient (Wildman–Crippen LogP) is 2.66. The lowest BCUT2D eigenvalue weighted by Crippen LogP contribution is -1.92. The second-order valence-electron chi connectivity index (χ2n) is 2.23. The highest BCUT2D eigenvalue weighted by Gasteiger charge is 1.99. The number of ether oxygens (including phenoxy) is 1. The summed E-state index contributed by atoms with van der Waals surface area (Å²) in [5.41, 5.74) is 0.612. The summed E-state index contributed by atoms with van der Waals surface area (Å²) in [6, 6.07) is 5.33. The fraction of sp³-hybridized carbons (Fsp3) is 0.222. The van der Waals surface area contributed by atoms with Crippen molar-refractivity contribution in [2.75, 3.05) is 6.61 Å². The van der Waals surface area contributed by atoms with E-state index >= 15 is 0 Å². The van der Waals surface area contributed by atoms with Gasteiger partial charge in [0.1, 0.15) is 5.75 Å². The largest absolute Gasteiger partial charge is 0.494 e. The molecule has 3 heteroatoms. The first-order valence-corrected chi connectivity index (χ1v) is 4.44. The summed E-state index contributed by atoms with van der Waals surface area (Å²) in [5, 5.41) is 0. The lowest BCUT2D eigenvalue weighted by Gasteiger charge is -2.03. The molecular formula is C9H9BrO2. The van der Waals surface area contributed by atoms with Crippen LogP contribution in [0.1, 0.15) is 17.3 Å². The van der Waals surface area contributed by atoms with E-state index < -0.39 is 0 Å². The van der Waals surface area contributed by atoms with Crippen LogP contribution < -0.4 is 4.74 Å². The number of halogens is 1. The van der Waals surface area contributed by atoms with Crippen LogP contribution in [0.2, 0.25) is 0 Å². The van der Waals surface area contributed by atoms with Crippen LogP contribution >= 0.6 is 15.9 Å². The Morgan fingerprint density at radius 3 is 2.92 bits per heavy atom. The minimum Gasteiger partial charge on any atom is -0.494 e. The molecule has 0 bridgehead atoms. The highest BCUT2D eigenvalue weighted by molar-refractivity contribution is 9.10. The van der Waals surface area contributed by atoms with Gasteiger partial charge in [0, 0.05) is 10.0 Å². The first-order chi connectivity index (χ1) is 5.77. The number of benzene rings is 1. The zero-order valence-corrected chi connectivity index (χ0v) is 8.30. The molecule has 64 valence electrons. The van der Waals surface area contributed by atoms with Crippen molar-refractivity contribution in [1.82, 2.24) is 0 Å². The first-order valence-electron chi connectivity index (χ1n) is 3.65. The Morgan fingerprint density at radius 2 is 2.33 bits per heavy atom. The lowest BCUT2D eigenvalue weighted by atomic mass is 10.2. The van der Waals surface area contributed by atoms with Gasteiger partial charge in [-0.15, -0.1) is 0 Å². The van der Waals surface area contributed by atoms with Crippen LogP contribution in [-0.4, -0.2) is 12.9 Å². The third-order valence-electron chi connectivity index (χ3n) is 1.41. The normalized spacial score (nSPS) is 9.50. The van der Waals surface area contributed by atoms with E-state index in [1.165, 1.54) is 0 Å². The maximum Gasteiger partial charge on any atom is 0.151 e. The van der Waals surface area contributed by atoms with E-state index in [2.05, 4.69) is 15.9 Å². The molecule has 0 aromatic heterocycles. The maximum absolute atomic E-state index is 10.5. The zero-order chi connectivity index (χ0) is 8.97. The quantitative estimate of drug-likeness (QED) is 0.744. The Kier molecular flexibility index (Phi) is 3.29. The SMILES string of the molecule is CCOc1ccc(Br)c(C=O)c1. The average molecular weight is 229 g/mol. The minimum absolute atomic E-state index is 0.611. The fourth-order valence-corrected chi connectivity index (χ4v) is 1.21. The van der Waals surface area contributed by atoms with E-state index in [9.17, 15) is 4.79 Å². The molecule has 1 aromatic rings. The molecule has 0 saturated heterocycles. The second-order valence-corrected chi connectivity index (χ2v) is 3.09. The highest BCUT2D eigenvalue weighted by atomic mass is 79.9. The molecular weight excluding hydrogens is 220 g/mol. The molecule has 0 radical (unpaired) electrons. The Morgan fingerprint density at radius 1 is 1.58 bits per heavy atom. The Bertz CT molecular complexity index is 284. The summed E-state index contributed by atoms with van der Waals surface area (Å²) in [6.45, 7) is 2.52. The van der Waals surface area contributed by atoms with E-state index in [0.29, 0.717) is 12.2 Å². The third-order valence-corrected chi connectivity index (χ3v) is 2.13. The van der Waals surface area contributed by atoms with Crippen molar-refractivity contribution in [3.05, 3.63) is 28.2 Å². The molecule has 0 atom stereocenters. The third kappa shape index (κ3) is 2.08. The summed E-state index contributed by atoms with van der Waals surface area (Å²) < 4.78 is 6.02. The molecule has 0 aliphatic heterocycles. The lowest BCUT2D eigenvalue weighted by molar-refractivity contribution is 0.112. The number of rotatable bonds is 3. The molecule has 12 heavy (non-hydrogen) atoms. The molecule has 0 saturated carbocycles. The molecule has 1 aromatic carbocycles. The summed E-state index contributed by atoms with van der Waals surface area (Å²) in [4.78, 5) is 10.5. The van der Waals surface area contributed by atoms with E-state index in [1.54, 1.807) is 12.1 Å². The Hall–Kier alpha value is -0.830. The van der Waals surface area contributed by atoms with Gasteiger partial charge in [0.05, 0.1) is 6.61 Å². The molecule has 1 rings (SSSR count). The zero-order valence-electron chi connectivity index (χ0n) is 6.71. The van der Waals surface area contributed by atoms with Crippen molar-refractivity contribution in [3.63, 3.8) is 0 Å². The summed E-state index contributed by atoms with van der Waals surface area (Å²) >= 11 is 3.25. The van der Waals surface area contributed by atoms with Crippen LogP contribution in [0.5, 0.6) is 5.75 Å². The van der Waals surface area contributed by atoms with E-state index in [0.717, 1.165) is 16.5 Å². The van der Waals surface area contributed by atoms with Gasteiger partial charge in [-0.1, -0.05) is 15.9 Å². The molecule has 0 aliphatic carbocycles. The van der Waals surface area contributed by atoms with E-state index in [4.69, 9.17) is 4.74 Å². The van der Waals surface area contributed by atoms with Gasteiger partial charge in [-0.2, -0.15) is 0 Å². The molecule has 0 fully saturated rings. The second kappa shape index (κ2) is 4.26. The Labute approximate surface area is 79.7 Å². The van der Waals surface area contributed by atoms with Crippen LogP contribution in [0.4, 0.5) is 0 Å². The van der Waals surface area contributed by atoms with Crippen molar-refractivity contribution in [3.8, 4) is 5.75 Å². The molecule has 2 nitrogen and oxygen atoms in total. The van der Waals surface area contributed by atoms with Gasteiger partial charge in [-0.25, -0.2) is 0 Å².